The molecule has 0 bridgehead atoms. The smallest absolute Gasteiger partial charge is 0.341 e. The minimum absolute atomic E-state index is 0. The Bertz CT molecular complexity index is 345. The summed E-state index contributed by atoms with van der Waals surface area (Å²) in [5.74, 6) is -1.34. The van der Waals surface area contributed by atoms with Crippen molar-refractivity contribution >= 4 is 17.7 Å². The van der Waals surface area contributed by atoms with E-state index in [-0.39, 0.29) is 44.0 Å². The van der Waals surface area contributed by atoms with Gasteiger partial charge in [0, 0.05) is 50.2 Å². The second-order valence-corrected chi connectivity index (χ2v) is 3.93. The zero-order chi connectivity index (χ0) is 13.4. The third-order valence-corrected chi connectivity index (χ3v) is 2.42. The predicted molar refractivity (Wildman–Crippen MR) is 64.3 cm³/mol. The van der Waals surface area contributed by atoms with E-state index < -0.39 is 11.9 Å². The first-order chi connectivity index (χ1) is 7.93. The number of rotatable bonds is 6. The van der Waals surface area contributed by atoms with Gasteiger partial charge in [-0.1, -0.05) is 13.8 Å². The maximum Gasteiger partial charge on any atom is 0.341 e. The summed E-state index contributed by atoms with van der Waals surface area (Å²) in [6.45, 7) is 6.80. The molecule has 0 N–H and O–H groups in total. The summed E-state index contributed by atoms with van der Waals surface area (Å²) in [4.78, 5) is 34.2. The topological polar surface area (TPSA) is 60.4 Å². The van der Waals surface area contributed by atoms with Crippen molar-refractivity contribution in [3.8, 4) is 0 Å². The summed E-state index contributed by atoms with van der Waals surface area (Å²) < 4.78 is 4.61. The van der Waals surface area contributed by atoms with Crippen molar-refractivity contribution in [2.75, 3.05) is 0 Å². The summed E-state index contributed by atoms with van der Waals surface area (Å²) in [5.41, 5.74) is 0.592. The van der Waals surface area contributed by atoms with Gasteiger partial charge in [-0.15, -0.1) is 0 Å². The Morgan fingerprint density at radius 1 is 0.889 bits per heavy atom. The van der Waals surface area contributed by atoms with Crippen LogP contribution in [0, 0.1) is 0 Å². The SMILES string of the molecule is CCCC(=O)OC(=O)C(C)=C(C)C(=O)CCC.[Zr]. The molecule has 0 aliphatic rings. The number of hydrogen-bond donors (Lipinski definition) is 0. The van der Waals surface area contributed by atoms with E-state index in [4.69, 9.17) is 0 Å². The van der Waals surface area contributed by atoms with Gasteiger partial charge in [-0.05, 0) is 26.7 Å². The van der Waals surface area contributed by atoms with Crippen LogP contribution in [0.15, 0.2) is 11.1 Å². The van der Waals surface area contributed by atoms with Crippen molar-refractivity contribution in [1.29, 1.82) is 0 Å². The van der Waals surface area contributed by atoms with Gasteiger partial charge in [-0.3, -0.25) is 9.59 Å². The Morgan fingerprint density at radius 3 is 1.83 bits per heavy atom. The molecule has 0 heterocycles. The zero-order valence-electron chi connectivity index (χ0n) is 11.5. The molecule has 0 aromatic carbocycles. The number of allylic oxidation sites excluding steroid dienone is 1. The normalized spacial score (nSPS) is 11.1. The maximum atomic E-state index is 11.5. The first kappa shape index (κ1) is 19.8. The molecule has 100 valence electrons. The van der Waals surface area contributed by atoms with Crippen molar-refractivity contribution in [1.82, 2.24) is 0 Å². The van der Waals surface area contributed by atoms with Gasteiger partial charge in [-0.25, -0.2) is 4.79 Å². The van der Waals surface area contributed by atoms with E-state index in [1.54, 1.807) is 6.92 Å². The van der Waals surface area contributed by atoms with Gasteiger partial charge in [0.2, 0.25) is 0 Å². The summed E-state index contributed by atoms with van der Waals surface area (Å²) in [5, 5.41) is 0. The van der Waals surface area contributed by atoms with Crippen LogP contribution in [-0.4, -0.2) is 17.7 Å². The van der Waals surface area contributed by atoms with Crippen molar-refractivity contribution in [2.24, 2.45) is 0 Å². The quantitative estimate of drug-likeness (QED) is 0.426. The summed E-state index contributed by atoms with van der Waals surface area (Å²) >= 11 is 0. The van der Waals surface area contributed by atoms with E-state index in [9.17, 15) is 14.4 Å². The molecule has 0 radical (unpaired) electrons. The molecule has 0 saturated heterocycles. The monoisotopic (exact) mass is 330 g/mol. The molecule has 0 aliphatic carbocycles. The van der Waals surface area contributed by atoms with Gasteiger partial charge in [0.25, 0.3) is 0 Å². The second-order valence-electron chi connectivity index (χ2n) is 3.93. The minimum atomic E-state index is -0.717. The largest absolute Gasteiger partial charge is 0.390 e. The summed E-state index contributed by atoms with van der Waals surface area (Å²) in [6, 6.07) is 0. The first-order valence-corrected chi connectivity index (χ1v) is 5.89. The predicted octanol–water partition coefficient (Wildman–Crippen LogP) is 2.56. The Balaban J connectivity index is 0. The Labute approximate surface area is 127 Å². The molecule has 0 amide bonds. The van der Waals surface area contributed by atoms with Crippen molar-refractivity contribution in [3.05, 3.63) is 11.1 Å². The molecule has 0 atom stereocenters. The van der Waals surface area contributed by atoms with Gasteiger partial charge >= 0.3 is 11.9 Å². The van der Waals surface area contributed by atoms with E-state index in [0.717, 1.165) is 6.42 Å². The fourth-order valence-electron chi connectivity index (χ4n) is 1.21. The fourth-order valence-corrected chi connectivity index (χ4v) is 1.21. The zero-order valence-corrected chi connectivity index (χ0v) is 13.9. The number of esters is 2. The van der Waals surface area contributed by atoms with Crippen LogP contribution < -0.4 is 0 Å². The van der Waals surface area contributed by atoms with Crippen molar-refractivity contribution < 1.29 is 45.3 Å². The number of Topliss-reactive ketones (excluding diaryl/α,β-unsaturated/α-hetero) is 1. The van der Waals surface area contributed by atoms with Crippen LogP contribution in [0.5, 0.6) is 0 Å². The average Bonchev–Trinajstić information content (AvgIpc) is 2.27. The van der Waals surface area contributed by atoms with Gasteiger partial charge in [0.1, 0.15) is 0 Å². The first-order valence-electron chi connectivity index (χ1n) is 5.89. The molecular formula is C13H20O4Zr. The van der Waals surface area contributed by atoms with Crippen LogP contribution >= 0.6 is 0 Å². The second kappa shape index (κ2) is 10.4. The molecule has 0 unspecified atom stereocenters. The molecule has 0 aliphatic heterocycles. The van der Waals surface area contributed by atoms with Gasteiger partial charge in [0.15, 0.2) is 5.78 Å². The third kappa shape index (κ3) is 7.00. The van der Waals surface area contributed by atoms with Crippen LogP contribution in [0.25, 0.3) is 0 Å². The molecular weight excluding hydrogens is 311 g/mol. The molecule has 0 spiro atoms. The summed E-state index contributed by atoms with van der Waals surface area (Å²) in [7, 11) is 0. The van der Waals surface area contributed by atoms with E-state index in [0.29, 0.717) is 18.4 Å². The molecule has 4 nitrogen and oxygen atoms in total. The Morgan fingerprint density at radius 2 is 1.39 bits per heavy atom. The van der Waals surface area contributed by atoms with Crippen LogP contribution in [0.1, 0.15) is 53.4 Å². The van der Waals surface area contributed by atoms with E-state index in [1.807, 2.05) is 13.8 Å². The van der Waals surface area contributed by atoms with E-state index >= 15 is 0 Å². The van der Waals surface area contributed by atoms with Gasteiger partial charge in [0.05, 0.1) is 0 Å². The number of carbonyl (C=O) groups excluding carboxylic acids is 3. The minimum Gasteiger partial charge on any atom is -0.390 e. The van der Waals surface area contributed by atoms with Crippen molar-refractivity contribution in [3.63, 3.8) is 0 Å². The molecule has 18 heavy (non-hydrogen) atoms. The maximum absolute atomic E-state index is 11.5. The van der Waals surface area contributed by atoms with Gasteiger partial charge < -0.3 is 4.74 Å². The fraction of sp³-hybridized carbons (Fsp3) is 0.615. The summed E-state index contributed by atoms with van der Waals surface area (Å²) in [6.07, 6.45) is 1.97. The number of ketones is 1. The van der Waals surface area contributed by atoms with E-state index in [2.05, 4.69) is 4.74 Å². The van der Waals surface area contributed by atoms with Crippen LogP contribution in [0.3, 0.4) is 0 Å². The third-order valence-electron chi connectivity index (χ3n) is 2.42. The Hall–Kier alpha value is -0.567. The molecule has 0 fully saturated rings. The van der Waals surface area contributed by atoms with E-state index in [1.165, 1.54) is 6.92 Å². The van der Waals surface area contributed by atoms with Crippen LogP contribution in [0.2, 0.25) is 0 Å². The average molecular weight is 332 g/mol. The standard InChI is InChI=1S/C13H20O4.Zr/c1-5-7-11(14)9(3)10(4)13(16)17-12(15)8-6-2;/h5-8H2,1-4H3;. The molecule has 5 heteroatoms. The molecule has 0 saturated carbocycles. The Kier molecular flexibility index (Phi) is 11.4. The molecule has 0 aromatic heterocycles. The van der Waals surface area contributed by atoms with Gasteiger partial charge in [-0.2, -0.15) is 0 Å². The number of ether oxygens (including phenoxy) is 1. The molecule has 0 aromatic rings. The number of carbonyl (C=O) groups is 3. The van der Waals surface area contributed by atoms with Crippen molar-refractivity contribution in [2.45, 2.75) is 53.4 Å². The molecule has 0 rings (SSSR count). The number of hydrogen-bond acceptors (Lipinski definition) is 4. The van der Waals surface area contributed by atoms with Crippen LogP contribution in [-0.2, 0) is 45.3 Å². The van der Waals surface area contributed by atoms with Crippen LogP contribution in [0.4, 0.5) is 0 Å².